The van der Waals surface area contributed by atoms with Crippen molar-refractivity contribution in [2.45, 2.75) is 25.8 Å². The van der Waals surface area contributed by atoms with Crippen molar-refractivity contribution >= 4 is 17.6 Å². The fourth-order valence-electron chi connectivity index (χ4n) is 3.74. The first-order chi connectivity index (χ1) is 12.3. The van der Waals surface area contributed by atoms with E-state index in [9.17, 15) is 0 Å². The van der Waals surface area contributed by atoms with Crippen LogP contribution < -0.4 is 4.90 Å². The number of benzene rings is 1. The number of hydrogen-bond donors (Lipinski definition) is 0. The van der Waals surface area contributed by atoms with E-state index in [0.29, 0.717) is 6.04 Å². The maximum Gasteiger partial charge on any atom is 0.151 e. The highest BCUT2D eigenvalue weighted by Gasteiger charge is 2.20. The summed E-state index contributed by atoms with van der Waals surface area (Å²) in [5, 5.41) is 9.00. The molecule has 4 rings (SSSR count). The lowest BCUT2D eigenvalue weighted by atomic mass is 10.0. The van der Waals surface area contributed by atoms with Gasteiger partial charge in [-0.25, -0.2) is 0 Å². The monoisotopic (exact) mass is 354 g/mol. The lowest BCUT2D eigenvalue weighted by Gasteiger charge is -2.27. The molecular formula is C20H26N4S. The third-order valence-corrected chi connectivity index (χ3v) is 6.28. The zero-order valence-electron chi connectivity index (χ0n) is 14.9. The largest absolute Gasteiger partial charge is 0.353 e. The van der Waals surface area contributed by atoms with Crippen LogP contribution in [0.5, 0.6) is 0 Å². The van der Waals surface area contributed by atoms with Gasteiger partial charge >= 0.3 is 0 Å². The summed E-state index contributed by atoms with van der Waals surface area (Å²) in [7, 11) is 0. The molecule has 1 aromatic carbocycles. The second kappa shape index (κ2) is 7.75. The fraction of sp³-hybridized carbons (Fsp3) is 0.500. The van der Waals surface area contributed by atoms with Crippen molar-refractivity contribution in [2.24, 2.45) is 0 Å². The van der Waals surface area contributed by atoms with Gasteiger partial charge in [0.15, 0.2) is 5.82 Å². The van der Waals surface area contributed by atoms with Crippen molar-refractivity contribution in [3.63, 3.8) is 0 Å². The Morgan fingerprint density at radius 3 is 2.48 bits per heavy atom. The van der Waals surface area contributed by atoms with E-state index < -0.39 is 0 Å². The molecule has 1 atom stereocenters. The van der Waals surface area contributed by atoms with Crippen LogP contribution in [0.15, 0.2) is 36.4 Å². The normalized spacial score (nSPS) is 20.0. The third kappa shape index (κ3) is 3.82. The second-order valence-corrected chi connectivity index (χ2v) is 8.15. The molecule has 0 N–H and O–H groups in total. The number of rotatable bonds is 4. The zero-order valence-corrected chi connectivity index (χ0v) is 15.7. The molecule has 2 aromatic rings. The van der Waals surface area contributed by atoms with E-state index in [1.54, 1.807) is 0 Å². The smallest absolute Gasteiger partial charge is 0.151 e. The van der Waals surface area contributed by atoms with E-state index in [2.05, 4.69) is 63.3 Å². The standard InChI is InChI=1S/C20H26N4S/c1-16(23-9-2-3-10-23)17-5-4-6-18(15-17)19-7-8-20(22-21-19)24-11-13-25-14-12-24/h4-8,15-16H,2-3,9-14H2,1H3/t16-/m0/s1. The quantitative estimate of drug-likeness (QED) is 0.833. The summed E-state index contributed by atoms with van der Waals surface area (Å²) in [5.74, 6) is 3.37. The molecule has 2 fully saturated rings. The predicted octanol–water partition coefficient (Wildman–Crippen LogP) is 3.85. The van der Waals surface area contributed by atoms with Gasteiger partial charge in [0, 0.05) is 36.2 Å². The Morgan fingerprint density at radius 1 is 0.960 bits per heavy atom. The molecular weight excluding hydrogens is 328 g/mol. The van der Waals surface area contributed by atoms with E-state index in [1.165, 1.54) is 43.0 Å². The average Bonchev–Trinajstić information content (AvgIpc) is 3.23. The van der Waals surface area contributed by atoms with Crippen molar-refractivity contribution in [1.29, 1.82) is 0 Å². The van der Waals surface area contributed by atoms with Crippen LogP contribution in [0.3, 0.4) is 0 Å². The molecule has 5 heteroatoms. The van der Waals surface area contributed by atoms with Gasteiger partial charge in [-0.05, 0) is 56.6 Å². The van der Waals surface area contributed by atoms with Crippen LogP contribution in [0.4, 0.5) is 5.82 Å². The van der Waals surface area contributed by atoms with Gasteiger partial charge in [0.05, 0.1) is 5.69 Å². The Balaban J connectivity index is 1.52. The first kappa shape index (κ1) is 16.9. The maximum atomic E-state index is 4.51. The second-order valence-electron chi connectivity index (χ2n) is 6.92. The van der Waals surface area contributed by atoms with Crippen LogP contribution in [0, 0.1) is 0 Å². The Kier molecular flexibility index (Phi) is 5.22. The molecule has 1 aromatic heterocycles. The van der Waals surface area contributed by atoms with Gasteiger partial charge in [-0.2, -0.15) is 11.8 Å². The van der Waals surface area contributed by atoms with Crippen LogP contribution in [-0.2, 0) is 0 Å². The Morgan fingerprint density at radius 2 is 1.76 bits per heavy atom. The summed E-state index contributed by atoms with van der Waals surface area (Å²) >= 11 is 2.01. The maximum absolute atomic E-state index is 4.51. The van der Waals surface area contributed by atoms with E-state index in [1.807, 2.05) is 11.8 Å². The molecule has 4 nitrogen and oxygen atoms in total. The number of hydrogen-bond acceptors (Lipinski definition) is 5. The van der Waals surface area contributed by atoms with Gasteiger partial charge in [0.1, 0.15) is 0 Å². The molecule has 2 saturated heterocycles. The molecule has 2 aliphatic heterocycles. The van der Waals surface area contributed by atoms with Crippen molar-refractivity contribution < 1.29 is 0 Å². The number of nitrogens with zero attached hydrogens (tertiary/aromatic N) is 4. The number of anilines is 1. The SMILES string of the molecule is C[C@@H](c1cccc(-c2ccc(N3CCSCC3)nn2)c1)N1CCCC1. The zero-order chi connectivity index (χ0) is 17.1. The Labute approximate surface area is 154 Å². The lowest BCUT2D eigenvalue weighted by molar-refractivity contribution is 0.263. The highest BCUT2D eigenvalue weighted by molar-refractivity contribution is 7.99. The predicted molar refractivity (Wildman–Crippen MR) is 106 cm³/mol. The van der Waals surface area contributed by atoms with Crippen LogP contribution >= 0.6 is 11.8 Å². The molecule has 0 saturated carbocycles. The van der Waals surface area contributed by atoms with Gasteiger partial charge in [-0.3, -0.25) is 4.90 Å². The molecule has 0 bridgehead atoms. The first-order valence-corrected chi connectivity index (χ1v) is 10.5. The van der Waals surface area contributed by atoms with Gasteiger partial charge in [0.25, 0.3) is 0 Å². The van der Waals surface area contributed by atoms with Crippen LogP contribution in [0.2, 0.25) is 0 Å². The molecule has 0 unspecified atom stereocenters. The fourth-order valence-corrected chi connectivity index (χ4v) is 4.64. The summed E-state index contributed by atoms with van der Waals surface area (Å²) in [4.78, 5) is 4.90. The Hall–Kier alpha value is -1.59. The summed E-state index contributed by atoms with van der Waals surface area (Å²) in [5.41, 5.74) is 3.50. The van der Waals surface area contributed by atoms with E-state index >= 15 is 0 Å². The van der Waals surface area contributed by atoms with Crippen molar-refractivity contribution in [3.8, 4) is 11.3 Å². The molecule has 25 heavy (non-hydrogen) atoms. The lowest BCUT2D eigenvalue weighted by Crippen LogP contribution is -2.33. The van der Waals surface area contributed by atoms with Crippen LogP contribution in [-0.4, -0.2) is 52.8 Å². The first-order valence-electron chi connectivity index (χ1n) is 9.32. The molecule has 0 amide bonds. The molecule has 3 heterocycles. The molecule has 0 aliphatic carbocycles. The molecule has 0 radical (unpaired) electrons. The summed E-state index contributed by atoms with van der Waals surface area (Å²) in [6.45, 7) is 6.89. The minimum atomic E-state index is 0.473. The van der Waals surface area contributed by atoms with Gasteiger partial charge < -0.3 is 4.90 Å². The Bertz CT molecular complexity index is 691. The molecule has 2 aliphatic rings. The minimum absolute atomic E-state index is 0.473. The molecule has 132 valence electrons. The summed E-state index contributed by atoms with van der Waals surface area (Å²) in [6.07, 6.45) is 2.65. The summed E-state index contributed by atoms with van der Waals surface area (Å²) in [6, 6.07) is 13.5. The highest BCUT2D eigenvalue weighted by Crippen LogP contribution is 2.28. The van der Waals surface area contributed by atoms with Crippen molar-refractivity contribution in [3.05, 3.63) is 42.0 Å². The topological polar surface area (TPSA) is 32.3 Å². The van der Waals surface area contributed by atoms with Gasteiger partial charge in [0.2, 0.25) is 0 Å². The number of aromatic nitrogens is 2. The van der Waals surface area contributed by atoms with E-state index in [4.69, 9.17) is 0 Å². The number of thioether (sulfide) groups is 1. The van der Waals surface area contributed by atoms with Gasteiger partial charge in [-0.15, -0.1) is 10.2 Å². The average molecular weight is 355 g/mol. The van der Waals surface area contributed by atoms with E-state index in [0.717, 1.165) is 30.2 Å². The van der Waals surface area contributed by atoms with Crippen molar-refractivity contribution in [2.75, 3.05) is 42.6 Å². The van der Waals surface area contributed by atoms with Gasteiger partial charge in [-0.1, -0.05) is 18.2 Å². The highest BCUT2D eigenvalue weighted by atomic mass is 32.2. The van der Waals surface area contributed by atoms with Crippen LogP contribution in [0.25, 0.3) is 11.3 Å². The summed E-state index contributed by atoms with van der Waals surface area (Å²) < 4.78 is 0. The van der Waals surface area contributed by atoms with E-state index in [-0.39, 0.29) is 0 Å². The van der Waals surface area contributed by atoms with Crippen LogP contribution in [0.1, 0.15) is 31.4 Å². The minimum Gasteiger partial charge on any atom is -0.353 e. The molecule has 0 spiro atoms. The third-order valence-electron chi connectivity index (χ3n) is 5.34. The van der Waals surface area contributed by atoms with Crippen molar-refractivity contribution in [1.82, 2.24) is 15.1 Å². The number of likely N-dealkylation sites (tertiary alicyclic amines) is 1.